The third kappa shape index (κ3) is 5.25. The van der Waals surface area contributed by atoms with Crippen molar-refractivity contribution in [3.8, 4) is 5.75 Å². The second-order valence-electron chi connectivity index (χ2n) is 7.17. The monoisotopic (exact) mass is 426 g/mol. The van der Waals surface area contributed by atoms with Crippen molar-refractivity contribution in [1.29, 1.82) is 0 Å². The van der Waals surface area contributed by atoms with Gasteiger partial charge in [-0.15, -0.1) is 0 Å². The molecule has 0 fully saturated rings. The number of aliphatic carboxylic acids is 1. The Balaban J connectivity index is 1.66. The third-order valence-electron chi connectivity index (χ3n) is 4.98. The van der Waals surface area contributed by atoms with Crippen molar-refractivity contribution >= 4 is 23.5 Å². The summed E-state index contributed by atoms with van der Waals surface area (Å²) < 4.78 is 5.59. The van der Waals surface area contributed by atoms with Gasteiger partial charge in [-0.2, -0.15) is 0 Å². The van der Waals surface area contributed by atoms with E-state index in [0.29, 0.717) is 6.42 Å². The lowest BCUT2D eigenvalue weighted by molar-refractivity contribution is -0.385. The molecule has 162 valence electrons. The molecule has 9 nitrogen and oxygen atoms in total. The number of nitro benzene ring substituents is 1. The lowest BCUT2D eigenvalue weighted by atomic mass is 10.1. The number of nitro groups is 1. The summed E-state index contributed by atoms with van der Waals surface area (Å²) in [6.07, 6.45) is 2.27. The molecule has 9 heteroatoms. The molecule has 0 aliphatic carbocycles. The summed E-state index contributed by atoms with van der Waals surface area (Å²) in [6.45, 7) is 0.166. The molecule has 0 bridgehead atoms. The van der Waals surface area contributed by atoms with Crippen molar-refractivity contribution in [2.45, 2.75) is 32.1 Å². The second kappa shape index (κ2) is 9.84. The molecule has 0 saturated carbocycles. The third-order valence-corrected chi connectivity index (χ3v) is 4.98. The smallest absolute Gasteiger partial charge is 0.311 e. The molecule has 1 aliphatic rings. The van der Waals surface area contributed by atoms with E-state index in [0.717, 1.165) is 23.8 Å². The first-order chi connectivity index (χ1) is 14.9. The van der Waals surface area contributed by atoms with E-state index in [2.05, 4.69) is 0 Å². The molecule has 0 saturated heterocycles. The fourth-order valence-electron chi connectivity index (χ4n) is 3.41. The maximum Gasteiger partial charge on any atom is 0.311 e. The predicted octanol–water partition coefficient (Wildman–Crippen LogP) is 3.46. The van der Waals surface area contributed by atoms with E-state index in [9.17, 15) is 24.5 Å². The van der Waals surface area contributed by atoms with Gasteiger partial charge in [0.1, 0.15) is 0 Å². The Morgan fingerprint density at radius 3 is 2.35 bits per heavy atom. The first kappa shape index (κ1) is 21.9. The molecule has 0 radical (unpaired) electrons. The Morgan fingerprint density at radius 1 is 1.03 bits per heavy atom. The summed E-state index contributed by atoms with van der Waals surface area (Å²) in [5.74, 6) is -2.36. The molecule has 2 amide bonds. The Bertz CT molecular complexity index is 1000. The van der Waals surface area contributed by atoms with Crippen molar-refractivity contribution in [3.63, 3.8) is 0 Å². The summed E-state index contributed by atoms with van der Waals surface area (Å²) in [5.41, 5.74) is 0.780. The van der Waals surface area contributed by atoms with Crippen molar-refractivity contribution in [2.75, 3.05) is 13.2 Å². The van der Waals surface area contributed by atoms with E-state index in [-0.39, 0.29) is 48.6 Å². The van der Waals surface area contributed by atoms with Crippen molar-refractivity contribution in [2.24, 2.45) is 0 Å². The largest absolute Gasteiger partial charge is 0.487 e. The quantitative estimate of drug-likeness (QED) is 0.252. The summed E-state index contributed by atoms with van der Waals surface area (Å²) in [6, 6.07) is 12.2. The van der Waals surface area contributed by atoms with Crippen molar-refractivity contribution in [1.82, 2.24) is 4.90 Å². The van der Waals surface area contributed by atoms with Gasteiger partial charge in [-0.1, -0.05) is 30.3 Å². The van der Waals surface area contributed by atoms with Gasteiger partial charge in [0.2, 0.25) is 0 Å². The lowest BCUT2D eigenvalue weighted by Crippen LogP contribution is -2.31. The molecule has 2 aromatic rings. The number of ether oxygens (including phenoxy) is 1. The highest BCUT2D eigenvalue weighted by Crippen LogP contribution is 2.35. The van der Waals surface area contributed by atoms with E-state index >= 15 is 0 Å². The Hall–Kier alpha value is -3.75. The van der Waals surface area contributed by atoms with Crippen LogP contribution in [0, 0.1) is 10.1 Å². The highest BCUT2D eigenvalue weighted by atomic mass is 16.6. The molecule has 0 unspecified atom stereocenters. The summed E-state index contributed by atoms with van der Waals surface area (Å²) in [4.78, 5) is 47.5. The molecular formula is C22H22N2O7. The first-order valence-electron chi connectivity index (χ1n) is 9.95. The average molecular weight is 426 g/mol. The number of nitrogens with zero attached hydrogens (tertiary/aromatic N) is 2. The maximum atomic E-state index is 12.6. The van der Waals surface area contributed by atoms with Gasteiger partial charge in [-0.25, -0.2) is 0 Å². The second-order valence-corrected chi connectivity index (χ2v) is 7.17. The highest BCUT2D eigenvalue weighted by molar-refractivity contribution is 6.21. The normalized spacial score (nSPS) is 12.7. The van der Waals surface area contributed by atoms with Gasteiger partial charge in [0.15, 0.2) is 5.75 Å². The molecule has 1 N–H and O–H groups in total. The minimum atomic E-state index is -1.03. The van der Waals surface area contributed by atoms with Gasteiger partial charge in [-0.05, 0) is 31.2 Å². The number of carbonyl (C=O) groups excluding carboxylic acids is 2. The van der Waals surface area contributed by atoms with Crippen LogP contribution in [0.3, 0.4) is 0 Å². The Morgan fingerprint density at radius 2 is 1.71 bits per heavy atom. The summed E-state index contributed by atoms with van der Waals surface area (Å²) in [5, 5.41) is 20.2. The van der Waals surface area contributed by atoms with Gasteiger partial charge >= 0.3 is 11.7 Å². The van der Waals surface area contributed by atoms with E-state index in [1.165, 1.54) is 11.6 Å². The SMILES string of the molecule is O=C(O)CCCN1C(=O)c2cc(OCCCCc3ccccc3)c([N+](=O)[O-])cc2C1=O. The number of hydrogen-bond acceptors (Lipinski definition) is 6. The molecule has 0 aromatic heterocycles. The first-order valence-corrected chi connectivity index (χ1v) is 9.95. The van der Waals surface area contributed by atoms with E-state index < -0.39 is 22.7 Å². The van der Waals surface area contributed by atoms with E-state index in [4.69, 9.17) is 9.84 Å². The lowest BCUT2D eigenvalue weighted by Gasteiger charge is -2.12. The number of carboxylic acids is 1. The Kier molecular flexibility index (Phi) is 6.96. The number of aryl methyl sites for hydroxylation is 1. The number of hydrogen-bond donors (Lipinski definition) is 1. The van der Waals surface area contributed by atoms with Gasteiger partial charge < -0.3 is 9.84 Å². The van der Waals surface area contributed by atoms with Crippen LogP contribution in [-0.2, 0) is 11.2 Å². The Labute approximate surface area is 178 Å². The zero-order valence-electron chi connectivity index (χ0n) is 16.8. The number of fused-ring (bicyclic) bond motifs is 1. The van der Waals surface area contributed by atoms with Crippen LogP contribution < -0.4 is 4.74 Å². The average Bonchev–Trinajstić information content (AvgIpc) is 2.97. The number of rotatable bonds is 11. The van der Waals surface area contributed by atoms with Crippen LogP contribution in [0.4, 0.5) is 5.69 Å². The van der Waals surface area contributed by atoms with E-state index in [1.54, 1.807) is 0 Å². The van der Waals surface area contributed by atoms with Crippen LogP contribution in [0.2, 0.25) is 0 Å². The molecule has 3 rings (SSSR count). The van der Waals surface area contributed by atoms with Gasteiger partial charge in [-0.3, -0.25) is 29.4 Å². The van der Waals surface area contributed by atoms with Gasteiger partial charge in [0.25, 0.3) is 11.8 Å². The van der Waals surface area contributed by atoms with Crippen LogP contribution in [0.15, 0.2) is 42.5 Å². The van der Waals surface area contributed by atoms with Crippen LogP contribution in [0.25, 0.3) is 0 Å². The maximum absolute atomic E-state index is 12.6. The van der Waals surface area contributed by atoms with Crippen LogP contribution in [-0.4, -0.2) is 45.9 Å². The summed E-state index contributed by atoms with van der Waals surface area (Å²) in [7, 11) is 0. The van der Waals surface area contributed by atoms with Crippen LogP contribution in [0.1, 0.15) is 52.0 Å². The van der Waals surface area contributed by atoms with Crippen LogP contribution in [0.5, 0.6) is 5.75 Å². The topological polar surface area (TPSA) is 127 Å². The number of imide groups is 1. The number of amides is 2. The number of carboxylic acid groups (broad SMARTS) is 1. The summed E-state index contributed by atoms with van der Waals surface area (Å²) >= 11 is 0. The van der Waals surface area contributed by atoms with E-state index in [1.807, 2.05) is 30.3 Å². The fourth-order valence-corrected chi connectivity index (χ4v) is 3.41. The molecule has 0 atom stereocenters. The zero-order valence-corrected chi connectivity index (χ0v) is 16.8. The standard InChI is InChI=1S/C22H22N2O7/c25-20(26)10-6-11-23-21(27)16-13-18(24(29)30)19(14-17(16)22(23)28)31-12-5-4-9-15-7-2-1-3-8-15/h1-3,7-8,13-14H,4-6,9-12H2,(H,25,26). The number of benzene rings is 2. The predicted molar refractivity (Wildman–Crippen MR) is 110 cm³/mol. The van der Waals surface area contributed by atoms with Crippen molar-refractivity contribution < 1.29 is 29.2 Å². The van der Waals surface area contributed by atoms with Crippen LogP contribution >= 0.6 is 0 Å². The molecule has 0 spiro atoms. The number of carbonyl (C=O) groups is 3. The minimum Gasteiger partial charge on any atom is -0.487 e. The zero-order chi connectivity index (χ0) is 22.4. The highest BCUT2D eigenvalue weighted by Gasteiger charge is 2.38. The molecular weight excluding hydrogens is 404 g/mol. The van der Waals surface area contributed by atoms with Crippen molar-refractivity contribution in [3.05, 3.63) is 69.3 Å². The van der Waals surface area contributed by atoms with Gasteiger partial charge in [0.05, 0.1) is 22.7 Å². The minimum absolute atomic E-state index is 0.0326. The molecule has 31 heavy (non-hydrogen) atoms. The fraction of sp³-hybridized carbons (Fsp3) is 0.318. The molecule has 1 aliphatic heterocycles. The molecule has 2 aromatic carbocycles. The number of unbranched alkanes of at least 4 members (excludes halogenated alkanes) is 1. The molecule has 1 heterocycles. The van der Waals surface area contributed by atoms with Gasteiger partial charge in [0, 0.05) is 25.1 Å².